The smallest absolute Gasteiger partial charge is 0.408 e. The molecule has 1 heterocycles. The molecule has 1 amide bonds. The largest absolute Gasteiger partial charge is 0.444 e. The van der Waals surface area contributed by atoms with Crippen molar-refractivity contribution in [3.05, 3.63) is 64.1 Å². The number of amides is 1. The standard InChI is InChI=1S/C20H21BrFN3O2/c1-20(2,3)27-19(26)25-17(10-12-8-9-13(21)11-14(12)22)18-23-15-6-4-5-7-16(15)24-18/h4-9,11,17H,10H2,1-3H3,(H,23,24)(H,25,26). The number of H-pyrrole nitrogens is 1. The van der Waals surface area contributed by atoms with E-state index in [1.54, 1.807) is 32.9 Å². The van der Waals surface area contributed by atoms with Gasteiger partial charge in [0.1, 0.15) is 17.2 Å². The van der Waals surface area contributed by atoms with Gasteiger partial charge in [-0.2, -0.15) is 0 Å². The number of benzene rings is 2. The number of carbonyl (C=O) groups excluding carboxylic acids is 1. The predicted octanol–water partition coefficient (Wildman–Crippen LogP) is 5.27. The fourth-order valence-electron chi connectivity index (χ4n) is 2.71. The molecule has 1 atom stereocenters. The number of hydrogen-bond donors (Lipinski definition) is 2. The number of para-hydroxylation sites is 2. The Balaban J connectivity index is 1.91. The topological polar surface area (TPSA) is 67.0 Å². The molecule has 0 saturated heterocycles. The van der Waals surface area contributed by atoms with E-state index in [9.17, 15) is 9.18 Å². The Bertz CT molecular complexity index is 932. The minimum absolute atomic E-state index is 0.234. The molecule has 0 aliphatic heterocycles. The number of carbonyl (C=O) groups is 1. The molecular formula is C20H21BrFN3O2. The maximum Gasteiger partial charge on any atom is 0.408 e. The maximum absolute atomic E-state index is 14.3. The van der Waals surface area contributed by atoms with Crippen molar-refractivity contribution < 1.29 is 13.9 Å². The Morgan fingerprint density at radius 2 is 2.04 bits per heavy atom. The molecule has 3 rings (SSSR count). The molecular weight excluding hydrogens is 413 g/mol. The zero-order valence-electron chi connectivity index (χ0n) is 15.3. The molecule has 0 fully saturated rings. The first kappa shape index (κ1) is 19.4. The molecule has 2 N–H and O–H groups in total. The van der Waals surface area contributed by atoms with E-state index in [0.717, 1.165) is 11.0 Å². The molecule has 5 nitrogen and oxygen atoms in total. The fraction of sp³-hybridized carbons (Fsp3) is 0.300. The fourth-order valence-corrected chi connectivity index (χ4v) is 3.04. The zero-order valence-corrected chi connectivity index (χ0v) is 16.9. The number of fused-ring (bicyclic) bond motifs is 1. The van der Waals surface area contributed by atoms with E-state index in [4.69, 9.17) is 4.74 Å². The average Bonchev–Trinajstić information content (AvgIpc) is 2.99. The molecule has 0 radical (unpaired) electrons. The van der Waals surface area contributed by atoms with Crippen LogP contribution in [0.15, 0.2) is 46.9 Å². The Labute approximate surface area is 165 Å². The highest BCUT2D eigenvalue weighted by Gasteiger charge is 2.24. The Morgan fingerprint density at radius 3 is 2.70 bits per heavy atom. The molecule has 7 heteroatoms. The predicted molar refractivity (Wildman–Crippen MR) is 106 cm³/mol. The molecule has 3 aromatic rings. The van der Waals surface area contributed by atoms with Crippen molar-refractivity contribution in [2.75, 3.05) is 0 Å². The van der Waals surface area contributed by atoms with E-state index in [1.165, 1.54) is 6.07 Å². The summed E-state index contributed by atoms with van der Waals surface area (Å²) in [6.45, 7) is 5.37. The molecule has 1 unspecified atom stereocenters. The highest BCUT2D eigenvalue weighted by Crippen LogP contribution is 2.23. The molecule has 27 heavy (non-hydrogen) atoms. The number of alkyl carbamates (subject to hydrolysis) is 1. The van der Waals surface area contributed by atoms with E-state index in [-0.39, 0.29) is 12.2 Å². The Morgan fingerprint density at radius 1 is 1.30 bits per heavy atom. The molecule has 0 aliphatic rings. The van der Waals surface area contributed by atoms with Gasteiger partial charge >= 0.3 is 6.09 Å². The lowest BCUT2D eigenvalue weighted by Crippen LogP contribution is -2.36. The van der Waals surface area contributed by atoms with E-state index in [0.29, 0.717) is 15.9 Å². The zero-order chi connectivity index (χ0) is 19.6. The number of nitrogens with zero attached hydrogens (tertiary/aromatic N) is 1. The van der Waals surface area contributed by atoms with Crippen LogP contribution in [0.5, 0.6) is 0 Å². The van der Waals surface area contributed by atoms with Crippen LogP contribution in [0.1, 0.15) is 38.2 Å². The highest BCUT2D eigenvalue weighted by atomic mass is 79.9. The van der Waals surface area contributed by atoms with E-state index < -0.39 is 17.7 Å². The number of halogens is 2. The quantitative estimate of drug-likeness (QED) is 0.588. The third-order valence-corrected chi connectivity index (χ3v) is 4.36. The van der Waals surface area contributed by atoms with Crippen LogP contribution in [0.25, 0.3) is 11.0 Å². The van der Waals surface area contributed by atoms with Crippen LogP contribution in [0.3, 0.4) is 0 Å². The van der Waals surface area contributed by atoms with Crippen molar-refractivity contribution in [1.82, 2.24) is 15.3 Å². The van der Waals surface area contributed by atoms with Gasteiger partial charge in [-0.3, -0.25) is 0 Å². The van der Waals surface area contributed by atoms with E-state index >= 15 is 0 Å². The SMILES string of the molecule is CC(C)(C)OC(=O)NC(Cc1ccc(Br)cc1F)c1nc2ccccc2[nH]1. The number of aromatic amines is 1. The lowest BCUT2D eigenvalue weighted by molar-refractivity contribution is 0.0501. The van der Waals surface area contributed by atoms with Gasteiger partial charge in [-0.25, -0.2) is 14.2 Å². The minimum atomic E-state index is -0.634. The first-order valence-corrected chi connectivity index (χ1v) is 9.39. The van der Waals surface area contributed by atoms with Gasteiger partial charge in [0.2, 0.25) is 0 Å². The van der Waals surface area contributed by atoms with Crippen LogP contribution < -0.4 is 5.32 Å². The summed E-state index contributed by atoms with van der Waals surface area (Å²) in [4.78, 5) is 20.1. The number of nitrogens with one attached hydrogen (secondary N) is 2. The summed E-state index contributed by atoms with van der Waals surface area (Å²) in [5.74, 6) is 0.195. The lowest BCUT2D eigenvalue weighted by Gasteiger charge is -2.23. The summed E-state index contributed by atoms with van der Waals surface area (Å²) in [5, 5.41) is 2.81. The molecule has 0 bridgehead atoms. The monoisotopic (exact) mass is 433 g/mol. The normalized spacial score (nSPS) is 12.8. The summed E-state index contributed by atoms with van der Waals surface area (Å²) in [6, 6.07) is 11.8. The molecule has 142 valence electrons. The third kappa shape index (κ3) is 5.07. The first-order chi connectivity index (χ1) is 12.7. The average molecular weight is 434 g/mol. The van der Waals surface area contributed by atoms with Gasteiger partial charge in [0.05, 0.1) is 17.1 Å². The van der Waals surface area contributed by atoms with Crippen LogP contribution in [0.2, 0.25) is 0 Å². The van der Waals surface area contributed by atoms with Crippen LogP contribution in [-0.2, 0) is 11.2 Å². The van der Waals surface area contributed by atoms with Gasteiger partial charge in [-0.15, -0.1) is 0 Å². The number of imidazole rings is 1. The van der Waals surface area contributed by atoms with Crippen molar-refractivity contribution in [2.45, 2.75) is 38.8 Å². The second-order valence-electron chi connectivity index (χ2n) is 7.28. The van der Waals surface area contributed by atoms with Crippen molar-refractivity contribution in [2.24, 2.45) is 0 Å². The number of aromatic nitrogens is 2. The maximum atomic E-state index is 14.3. The number of hydrogen-bond acceptors (Lipinski definition) is 3. The van der Waals surface area contributed by atoms with Crippen molar-refractivity contribution in [1.29, 1.82) is 0 Å². The van der Waals surface area contributed by atoms with Gasteiger partial charge in [-0.05, 0) is 50.6 Å². The van der Waals surface area contributed by atoms with Crippen LogP contribution in [-0.4, -0.2) is 21.7 Å². The summed E-state index contributed by atoms with van der Waals surface area (Å²) in [5.41, 5.74) is 1.46. The molecule has 2 aromatic carbocycles. The summed E-state index contributed by atoms with van der Waals surface area (Å²) in [7, 11) is 0. The van der Waals surface area contributed by atoms with E-state index in [1.807, 2.05) is 24.3 Å². The summed E-state index contributed by atoms with van der Waals surface area (Å²) >= 11 is 3.26. The Kier molecular flexibility index (Phi) is 5.51. The van der Waals surface area contributed by atoms with Crippen molar-refractivity contribution in [3.8, 4) is 0 Å². The van der Waals surface area contributed by atoms with Gasteiger partial charge in [0.15, 0.2) is 0 Å². The number of ether oxygens (including phenoxy) is 1. The minimum Gasteiger partial charge on any atom is -0.444 e. The third-order valence-electron chi connectivity index (χ3n) is 3.87. The number of rotatable bonds is 4. The second kappa shape index (κ2) is 7.68. The molecule has 0 aliphatic carbocycles. The van der Waals surface area contributed by atoms with Crippen LogP contribution >= 0.6 is 15.9 Å². The Hall–Kier alpha value is -2.41. The first-order valence-electron chi connectivity index (χ1n) is 8.59. The van der Waals surface area contributed by atoms with Gasteiger partial charge in [-0.1, -0.05) is 34.1 Å². The second-order valence-corrected chi connectivity index (χ2v) is 8.19. The van der Waals surface area contributed by atoms with E-state index in [2.05, 4.69) is 31.2 Å². The van der Waals surface area contributed by atoms with Crippen molar-refractivity contribution in [3.63, 3.8) is 0 Å². The molecule has 1 aromatic heterocycles. The summed E-state index contributed by atoms with van der Waals surface area (Å²) < 4.78 is 20.3. The highest BCUT2D eigenvalue weighted by molar-refractivity contribution is 9.10. The van der Waals surface area contributed by atoms with Gasteiger partial charge < -0.3 is 15.0 Å². The van der Waals surface area contributed by atoms with Crippen LogP contribution in [0, 0.1) is 5.82 Å². The van der Waals surface area contributed by atoms with Gasteiger partial charge in [0, 0.05) is 10.9 Å². The molecule has 0 spiro atoms. The lowest BCUT2D eigenvalue weighted by atomic mass is 10.0. The molecule has 0 saturated carbocycles. The van der Waals surface area contributed by atoms with Crippen molar-refractivity contribution >= 4 is 33.1 Å². The van der Waals surface area contributed by atoms with Crippen LogP contribution in [0.4, 0.5) is 9.18 Å². The summed E-state index contributed by atoms with van der Waals surface area (Å²) in [6.07, 6.45) is -0.344. The van der Waals surface area contributed by atoms with Gasteiger partial charge in [0.25, 0.3) is 0 Å².